The maximum atomic E-state index is 5.07. The number of rotatable bonds is 4. The predicted molar refractivity (Wildman–Crippen MR) is 44.2 cm³/mol. The van der Waals surface area contributed by atoms with Gasteiger partial charge in [0.1, 0.15) is 0 Å². The first-order chi connectivity index (χ1) is 5.83. The molecule has 0 bridgehead atoms. The zero-order chi connectivity index (χ0) is 8.81. The zero-order valence-corrected chi connectivity index (χ0v) is 7.00. The molecular formula is C8H11N3O. The highest BCUT2D eigenvalue weighted by molar-refractivity contribution is 4.85. The quantitative estimate of drug-likeness (QED) is 0.521. The van der Waals surface area contributed by atoms with Crippen LogP contribution < -0.4 is 5.32 Å². The van der Waals surface area contributed by atoms with Crippen molar-refractivity contribution >= 4 is 0 Å². The molecular weight excluding hydrogens is 154 g/mol. The fourth-order valence-corrected chi connectivity index (χ4v) is 0.768. The lowest BCUT2D eigenvalue weighted by Crippen LogP contribution is -2.14. The second kappa shape index (κ2) is 4.52. The van der Waals surface area contributed by atoms with E-state index in [0.29, 0.717) is 24.7 Å². The van der Waals surface area contributed by atoms with Gasteiger partial charge in [-0.05, 0) is 6.92 Å². The smallest absolute Gasteiger partial charge is 0.240 e. The average molecular weight is 165 g/mol. The summed E-state index contributed by atoms with van der Waals surface area (Å²) in [4.78, 5) is 4.02. The van der Waals surface area contributed by atoms with Crippen molar-refractivity contribution in [3.8, 4) is 12.3 Å². The summed E-state index contributed by atoms with van der Waals surface area (Å²) in [6.45, 7) is 3.15. The summed E-state index contributed by atoms with van der Waals surface area (Å²) < 4.78 is 4.87. The summed E-state index contributed by atoms with van der Waals surface area (Å²) in [5.41, 5.74) is 0. The molecule has 0 radical (unpaired) electrons. The highest BCUT2D eigenvalue weighted by atomic mass is 16.5. The number of aromatic nitrogens is 2. The predicted octanol–water partition coefficient (Wildman–Crippen LogP) is 0.491. The van der Waals surface area contributed by atoms with Crippen LogP contribution in [0.3, 0.4) is 0 Å². The molecule has 0 fully saturated rings. The molecule has 12 heavy (non-hydrogen) atoms. The van der Waals surface area contributed by atoms with Crippen LogP contribution in [0.2, 0.25) is 0 Å². The number of aryl methyl sites for hydroxylation is 1. The molecule has 0 spiro atoms. The topological polar surface area (TPSA) is 51.0 Å². The monoisotopic (exact) mass is 165 g/mol. The molecule has 0 amide bonds. The van der Waals surface area contributed by atoms with Gasteiger partial charge in [-0.25, -0.2) is 0 Å². The Morgan fingerprint density at radius 3 is 3.08 bits per heavy atom. The highest BCUT2D eigenvalue weighted by Crippen LogP contribution is 1.93. The van der Waals surface area contributed by atoms with Gasteiger partial charge in [-0.15, -0.1) is 12.3 Å². The Kier molecular flexibility index (Phi) is 3.30. The Bertz CT molecular complexity index is 274. The van der Waals surface area contributed by atoms with Gasteiger partial charge < -0.3 is 9.84 Å². The molecule has 0 saturated carbocycles. The molecule has 0 atom stereocenters. The van der Waals surface area contributed by atoms with E-state index in [0.717, 1.165) is 6.54 Å². The molecule has 0 saturated heterocycles. The van der Waals surface area contributed by atoms with Gasteiger partial charge in [0, 0.05) is 13.0 Å². The standard InChI is InChI=1S/C8H11N3O/c1-3-4-5-9-6-8-10-7(2)11-12-8/h1,9H,4-6H2,2H3. The van der Waals surface area contributed by atoms with Gasteiger partial charge in [-0.2, -0.15) is 4.98 Å². The largest absolute Gasteiger partial charge is 0.338 e. The third-order valence-corrected chi connectivity index (χ3v) is 1.29. The Morgan fingerprint density at radius 2 is 2.50 bits per heavy atom. The Balaban J connectivity index is 2.21. The molecule has 0 aromatic carbocycles. The van der Waals surface area contributed by atoms with Gasteiger partial charge in [0.15, 0.2) is 5.82 Å². The lowest BCUT2D eigenvalue weighted by atomic mass is 10.4. The second-order valence-corrected chi connectivity index (χ2v) is 2.37. The van der Waals surface area contributed by atoms with Crippen molar-refractivity contribution < 1.29 is 4.52 Å². The lowest BCUT2D eigenvalue weighted by Gasteiger charge is -1.95. The second-order valence-electron chi connectivity index (χ2n) is 2.37. The van der Waals surface area contributed by atoms with E-state index in [2.05, 4.69) is 21.4 Å². The van der Waals surface area contributed by atoms with E-state index in [-0.39, 0.29) is 0 Å². The van der Waals surface area contributed by atoms with Crippen LogP contribution in [0.5, 0.6) is 0 Å². The number of hydrogen-bond donors (Lipinski definition) is 1. The van der Waals surface area contributed by atoms with Crippen molar-refractivity contribution in [2.45, 2.75) is 19.9 Å². The molecule has 0 aliphatic rings. The van der Waals surface area contributed by atoms with Crippen LogP contribution in [0.25, 0.3) is 0 Å². The molecule has 1 aromatic rings. The first-order valence-corrected chi connectivity index (χ1v) is 3.76. The molecule has 64 valence electrons. The number of hydrogen-bond acceptors (Lipinski definition) is 4. The first-order valence-electron chi connectivity index (χ1n) is 3.76. The van der Waals surface area contributed by atoms with Gasteiger partial charge >= 0.3 is 0 Å². The third-order valence-electron chi connectivity index (χ3n) is 1.29. The minimum atomic E-state index is 0.586. The zero-order valence-electron chi connectivity index (χ0n) is 7.00. The molecule has 1 heterocycles. The average Bonchev–Trinajstić information content (AvgIpc) is 2.45. The highest BCUT2D eigenvalue weighted by Gasteiger charge is 1.99. The third kappa shape index (κ3) is 2.72. The van der Waals surface area contributed by atoms with E-state index in [9.17, 15) is 0 Å². The summed E-state index contributed by atoms with van der Waals surface area (Å²) >= 11 is 0. The van der Waals surface area contributed by atoms with Crippen molar-refractivity contribution in [3.05, 3.63) is 11.7 Å². The Labute approximate surface area is 71.4 Å². The van der Waals surface area contributed by atoms with Crippen molar-refractivity contribution in [1.82, 2.24) is 15.5 Å². The fourth-order valence-electron chi connectivity index (χ4n) is 0.768. The van der Waals surface area contributed by atoms with Crippen LogP contribution in [0.4, 0.5) is 0 Å². The van der Waals surface area contributed by atoms with Crippen molar-refractivity contribution in [1.29, 1.82) is 0 Å². The molecule has 1 aromatic heterocycles. The number of terminal acetylenes is 1. The van der Waals surface area contributed by atoms with E-state index in [4.69, 9.17) is 10.9 Å². The summed E-state index contributed by atoms with van der Waals surface area (Å²) in [6.07, 6.45) is 5.79. The Morgan fingerprint density at radius 1 is 1.67 bits per heavy atom. The van der Waals surface area contributed by atoms with E-state index < -0.39 is 0 Å². The fraction of sp³-hybridized carbons (Fsp3) is 0.500. The maximum Gasteiger partial charge on any atom is 0.240 e. The summed E-state index contributed by atoms with van der Waals surface area (Å²) in [5, 5.41) is 6.73. The number of nitrogens with one attached hydrogen (secondary N) is 1. The van der Waals surface area contributed by atoms with E-state index >= 15 is 0 Å². The minimum absolute atomic E-state index is 0.586. The molecule has 0 aliphatic heterocycles. The SMILES string of the molecule is C#CCCNCc1nc(C)no1. The summed E-state index contributed by atoms with van der Waals surface area (Å²) in [5.74, 6) is 3.79. The molecule has 4 heteroatoms. The van der Waals surface area contributed by atoms with Crippen LogP contribution in [-0.4, -0.2) is 16.7 Å². The van der Waals surface area contributed by atoms with Gasteiger partial charge in [-0.1, -0.05) is 5.16 Å². The van der Waals surface area contributed by atoms with Crippen molar-refractivity contribution in [2.24, 2.45) is 0 Å². The van der Waals surface area contributed by atoms with Crippen LogP contribution in [0.1, 0.15) is 18.1 Å². The molecule has 0 aliphatic carbocycles. The van der Waals surface area contributed by atoms with Crippen molar-refractivity contribution in [2.75, 3.05) is 6.54 Å². The van der Waals surface area contributed by atoms with Gasteiger partial charge in [0.2, 0.25) is 5.89 Å². The first kappa shape index (κ1) is 8.75. The molecule has 4 nitrogen and oxygen atoms in total. The molecule has 1 rings (SSSR count). The number of nitrogens with zero attached hydrogens (tertiary/aromatic N) is 2. The summed E-state index contributed by atoms with van der Waals surface area (Å²) in [6, 6.07) is 0. The summed E-state index contributed by atoms with van der Waals surface area (Å²) in [7, 11) is 0. The van der Waals surface area contributed by atoms with Gasteiger partial charge in [0.25, 0.3) is 0 Å². The van der Waals surface area contributed by atoms with Crippen LogP contribution in [0, 0.1) is 19.3 Å². The lowest BCUT2D eigenvalue weighted by molar-refractivity contribution is 0.365. The van der Waals surface area contributed by atoms with Gasteiger partial charge in [0.05, 0.1) is 6.54 Å². The van der Waals surface area contributed by atoms with Crippen LogP contribution in [0.15, 0.2) is 4.52 Å². The van der Waals surface area contributed by atoms with E-state index in [1.807, 2.05) is 0 Å². The Hall–Kier alpha value is -1.34. The normalized spacial score (nSPS) is 9.67. The molecule has 1 N–H and O–H groups in total. The maximum absolute atomic E-state index is 5.07. The molecule has 0 unspecified atom stereocenters. The van der Waals surface area contributed by atoms with Crippen LogP contribution in [-0.2, 0) is 6.54 Å². The van der Waals surface area contributed by atoms with E-state index in [1.54, 1.807) is 6.92 Å². The van der Waals surface area contributed by atoms with Crippen molar-refractivity contribution in [3.63, 3.8) is 0 Å². The van der Waals surface area contributed by atoms with E-state index in [1.165, 1.54) is 0 Å². The van der Waals surface area contributed by atoms with Gasteiger partial charge in [-0.3, -0.25) is 0 Å². The van der Waals surface area contributed by atoms with Crippen LogP contribution >= 0.6 is 0 Å². The minimum Gasteiger partial charge on any atom is -0.338 e.